The number of ether oxygens (including phenoxy) is 1. The van der Waals surface area contributed by atoms with E-state index < -0.39 is 33.9 Å². The van der Waals surface area contributed by atoms with Gasteiger partial charge in [0.1, 0.15) is 22.9 Å². The highest BCUT2D eigenvalue weighted by atomic mass is 35.5. The highest BCUT2D eigenvalue weighted by Crippen LogP contribution is 2.33. The first-order valence-electron chi connectivity index (χ1n) is 10.2. The summed E-state index contributed by atoms with van der Waals surface area (Å²) in [6, 6.07) is 12.9. The highest BCUT2D eigenvalue weighted by Gasteiger charge is 2.26. The number of fused-ring (bicyclic) bond motifs is 1. The largest absolute Gasteiger partial charge is 0.457 e. The van der Waals surface area contributed by atoms with Gasteiger partial charge < -0.3 is 15.4 Å². The van der Waals surface area contributed by atoms with Crippen LogP contribution < -0.4 is 15.4 Å². The average Bonchev–Trinajstić information content (AvgIpc) is 2.83. The number of anilines is 2. The number of pyridine rings is 1. The van der Waals surface area contributed by atoms with Gasteiger partial charge in [-0.05, 0) is 49.4 Å². The molecular weight excluding hydrogens is 483 g/mol. The van der Waals surface area contributed by atoms with Crippen LogP contribution in [0, 0.1) is 24.4 Å². The monoisotopic (exact) mass is 499 g/mol. The quantitative estimate of drug-likeness (QED) is 0.239. The molecule has 0 atom stereocenters. The van der Waals surface area contributed by atoms with Gasteiger partial charge in [-0.15, -0.1) is 0 Å². The molecule has 178 valence electrons. The number of carbonyl (C=O) groups is 2. The van der Waals surface area contributed by atoms with Gasteiger partial charge in [-0.2, -0.15) is 0 Å². The summed E-state index contributed by atoms with van der Waals surface area (Å²) in [5, 5.41) is 4.98. The lowest BCUT2D eigenvalue weighted by atomic mass is 10.1. The molecule has 0 radical (unpaired) electrons. The molecule has 0 saturated carbocycles. The van der Waals surface area contributed by atoms with Crippen LogP contribution in [0.2, 0.25) is 5.02 Å². The van der Waals surface area contributed by atoms with Gasteiger partial charge in [-0.3, -0.25) is 14.6 Å². The second-order valence-corrected chi connectivity index (χ2v) is 7.91. The zero-order valence-corrected chi connectivity index (χ0v) is 19.1. The molecule has 1 aromatic heterocycles. The van der Waals surface area contributed by atoms with Gasteiger partial charge in [0.25, 0.3) is 5.91 Å². The Hall–Kier alpha value is -4.11. The number of hydrogen-bond acceptors (Lipinski definition) is 4. The van der Waals surface area contributed by atoms with Crippen LogP contribution in [0.5, 0.6) is 11.5 Å². The van der Waals surface area contributed by atoms with E-state index in [-0.39, 0.29) is 17.2 Å². The molecule has 0 aliphatic carbocycles. The van der Waals surface area contributed by atoms with Crippen molar-refractivity contribution in [3.8, 4) is 11.5 Å². The van der Waals surface area contributed by atoms with E-state index in [1.807, 2.05) is 0 Å². The number of aromatic nitrogens is 1. The third-order valence-corrected chi connectivity index (χ3v) is 5.54. The van der Waals surface area contributed by atoms with Crippen LogP contribution in [-0.4, -0.2) is 16.8 Å². The van der Waals surface area contributed by atoms with Crippen molar-refractivity contribution in [1.29, 1.82) is 0 Å². The van der Waals surface area contributed by atoms with E-state index in [0.29, 0.717) is 28.1 Å². The molecule has 0 saturated heterocycles. The van der Waals surface area contributed by atoms with Gasteiger partial charge in [0.15, 0.2) is 11.6 Å². The molecule has 0 spiro atoms. The fourth-order valence-corrected chi connectivity index (χ4v) is 3.57. The number of carbonyl (C=O) groups excluding carboxylic acids is 2. The number of rotatable bonds is 5. The van der Waals surface area contributed by atoms with E-state index in [2.05, 4.69) is 15.6 Å². The first-order valence-corrected chi connectivity index (χ1v) is 10.6. The topological polar surface area (TPSA) is 80.3 Å². The zero-order chi connectivity index (χ0) is 25.3. The van der Waals surface area contributed by atoms with Gasteiger partial charge >= 0.3 is 0 Å². The van der Waals surface area contributed by atoms with Gasteiger partial charge in [0, 0.05) is 29.8 Å². The molecule has 0 aliphatic heterocycles. The van der Waals surface area contributed by atoms with Gasteiger partial charge in [-0.25, -0.2) is 13.2 Å². The predicted molar refractivity (Wildman–Crippen MR) is 127 cm³/mol. The summed E-state index contributed by atoms with van der Waals surface area (Å²) in [4.78, 5) is 28.2. The molecular formula is C25H17ClF3N3O3. The Morgan fingerprint density at radius 1 is 0.943 bits per heavy atom. The number of nitrogens with zero attached hydrogens (tertiary/aromatic N) is 1. The minimum atomic E-state index is -1.67. The molecule has 0 aliphatic rings. The van der Waals surface area contributed by atoms with E-state index in [4.69, 9.17) is 16.3 Å². The number of para-hydroxylation sites is 1. The second kappa shape index (κ2) is 9.63. The van der Waals surface area contributed by atoms with Crippen LogP contribution in [0.4, 0.5) is 24.5 Å². The Balaban J connectivity index is 1.56. The fourth-order valence-electron chi connectivity index (χ4n) is 3.41. The number of amides is 2. The normalized spacial score (nSPS) is 10.8. The Kier molecular flexibility index (Phi) is 6.61. The van der Waals surface area contributed by atoms with Crippen molar-refractivity contribution in [3.05, 3.63) is 88.3 Å². The van der Waals surface area contributed by atoms with E-state index in [0.717, 1.165) is 6.92 Å². The van der Waals surface area contributed by atoms with E-state index in [9.17, 15) is 22.8 Å². The smallest absolute Gasteiger partial charge is 0.261 e. The van der Waals surface area contributed by atoms with Crippen LogP contribution in [0.1, 0.15) is 22.8 Å². The third-order valence-electron chi connectivity index (χ3n) is 5.09. The minimum Gasteiger partial charge on any atom is -0.457 e. The number of benzene rings is 3. The molecule has 2 amide bonds. The Labute approximate surface area is 202 Å². The van der Waals surface area contributed by atoms with Gasteiger partial charge in [0.2, 0.25) is 5.91 Å². The molecule has 2 N–H and O–H groups in total. The molecule has 0 unspecified atom stereocenters. The lowest BCUT2D eigenvalue weighted by Gasteiger charge is -2.13. The molecule has 4 aromatic rings. The van der Waals surface area contributed by atoms with Crippen LogP contribution in [0.3, 0.4) is 0 Å². The van der Waals surface area contributed by atoms with Crippen LogP contribution in [-0.2, 0) is 4.79 Å². The summed E-state index contributed by atoms with van der Waals surface area (Å²) in [6.07, 6.45) is 1.54. The molecule has 10 heteroatoms. The van der Waals surface area contributed by atoms with E-state index in [1.165, 1.54) is 37.4 Å². The van der Waals surface area contributed by atoms with Crippen molar-refractivity contribution in [1.82, 2.24) is 4.98 Å². The minimum absolute atomic E-state index is 0.196. The third kappa shape index (κ3) is 4.76. The molecule has 0 bridgehead atoms. The summed E-state index contributed by atoms with van der Waals surface area (Å²) in [7, 11) is 0. The van der Waals surface area contributed by atoms with Crippen molar-refractivity contribution in [2.75, 3.05) is 10.6 Å². The van der Waals surface area contributed by atoms with Gasteiger partial charge in [0.05, 0.1) is 16.2 Å². The van der Waals surface area contributed by atoms with Crippen molar-refractivity contribution >= 4 is 45.7 Å². The molecule has 6 nitrogen and oxygen atoms in total. The number of nitrogens with one attached hydrogen (secondary N) is 2. The van der Waals surface area contributed by atoms with Crippen molar-refractivity contribution in [2.45, 2.75) is 13.8 Å². The SMILES string of the molecule is CC(=O)Nc1cccc2c(Oc3ccc(NC(=O)c4c(F)c(C)c(Cl)c(F)c4F)cc3)ccnc12. The van der Waals surface area contributed by atoms with E-state index in [1.54, 1.807) is 24.3 Å². The van der Waals surface area contributed by atoms with E-state index >= 15 is 0 Å². The first-order chi connectivity index (χ1) is 16.7. The molecule has 35 heavy (non-hydrogen) atoms. The summed E-state index contributed by atoms with van der Waals surface area (Å²) in [6.45, 7) is 2.54. The highest BCUT2D eigenvalue weighted by molar-refractivity contribution is 6.31. The lowest BCUT2D eigenvalue weighted by molar-refractivity contribution is -0.114. The Bertz CT molecular complexity index is 1450. The number of hydrogen-bond donors (Lipinski definition) is 2. The second-order valence-electron chi connectivity index (χ2n) is 7.53. The maximum atomic E-state index is 14.4. The first kappa shape index (κ1) is 24.0. The number of halogens is 4. The fraction of sp³-hybridized carbons (Fsp3) is 0.0800. The molecule has 4 rings (SSSR count). The molecule has 0 fully saturated rings. The maximum absolute atomic E-state index is 14.4. The van der Waals surface area contributed by atoms with Crippen molar-refractivity contribution < 1.29 is 27.5 Å². The standard InChI is InChI=1S/C25H17ClF3N3O3/c1-12-20(26)23(29)22(28)19(21(12)27)25(34)32-14-6-8-15(9-7-14)35-18-10-11-30-24-16(18)4-3-5-17(24)31-13(2)33/h3-11H,1-2H3,(H,31,33)(H,32,34). The zero-order valence-electron chi connectivity index (χ0n) is 18.4. The summed E-state index contributed by atoms with van der Waals surface area (Å²) in [5.41, 5.74) is -0.166. The van der Waals surface area contributed by atoms with Crippen molar-refractivity contribution in [3.63, 3.8) is 0 Å². The molecule has 3 aromatic carbocycles. The maximum Gasteiger partial charge on any atom is 0.261 e. The van der Waals surface area contributed by atoms with Crippen LogP contribution >= 0.6 is 11.6 Å². The Morgan fingerprint density at radius 2 is 1.66 bits per heavy atom. The molecule has 1 heterocycles. The van der Waals surface area contributed by atoms with Crippen LogP contribution in [0.25, 0.3) is 10.9 Å². The van der Waals surface area contributed by atoms with Gasteiger partial charge in [-0.1, -0.05) is 17.7 Å². The summed E-state index contributed by atoms with van der Waals surface area (Å²) < 4.78 is 48.4. The summed E-state index contributed by atoms with van der Waals surface area (Å²) >= 11 is 5.55. The van der Waals surface area contributed by atoms with Crippen LogP contribution in [0.15, 0.2) is 54.7 Å². The lowest BCUT2D eigenvalue weighted by Crippen LogP contribution is -2.18. The predicted octanol–water partition coefficient (Wildman–Crippen LogP) is 6.62. The van der Waals surface area contributed by atoms with Crippen molar-refractivity contribution in [2.24, 2.45) is 0 Å². The Morgan fingerprint density at radius 3 is 2.34 bits per heavy atom. The average molecular weight is 500 g/mol. The summed E-state index contributed by atoms with van der Waals surface area (Å²) in [5.74, 6) is -4.95.